The predicted molar refractivity (Wildman–Crippen MR) is 157 cm³/mol. The molecule has 1 amide bonds. The Kier molecular flexibility index (Phi) is 10.7. The van der Waals surface area contributed by atoms with E-state index in [0.29, 0.717) is 71.5 Å². The van der Waals surface area contributed by atoms with E-state index in [4.69, 9.17) is 22.1 Å². The lowest BCUT2D eigenvalue weighted by atomic mass is 10.0. The standard InChI is InChI=1S/C28H32N4O5S2/c1-4-13-31-25(30-17-19-9-11-20(37-3)12-10-19)21(18(2)22(16-29)26(31)35)15-23-27(36)32(28(38)39-23)14-7-5-6-8-24(33)34/h9-12,15,30H,4-8,13-14,17H2,1-3H3,(H,33,34)/b23-15+. The van der Waals surface area contributed by atoms with Gasteiger partial charge in [-0.25, -0.2) is 0 Å². The van der Waals surface area contributed by atoms with Gasteiger partial charge in [0.2, 0.25) is 0 Å². The average Bonchev–Trinajstić information content (AvgIpc) is 3.18. The molecule has 2 N–H and O–H groups in total. The molecule has 3 rings (SSSR count). The van der Waals surface area contributed by atoms with E-state index in [1.54, 1.807) is 24.7 Å². The number of unbranched alkanes of at least 4 members (excludes halogenated alkanes) is 2. The van der Waals surface area contributed by atoms with Crippen LogP contribution in [0.15, 0.2) is 34.0 Å². The van der Waals surface area contributed by atoms with Gasteiger partial charge in [0.25, 0.3) is 11.5 Å². The van der Waals surface area contributed by atoms with E-state index in [-0.39, 0.29) is 23.5 Å². The second-order valence-electron chi connectivity index (χ2n) is 9.07. The highest BCUT2D eigenvalue weighted by Crippen LogP contribution is 2.35. The Morgan fingerprint density at radius 1 is 1.21 bits per heavy atom. The minimum absolute atomic E-state index is 0.0404. The quantitative estimate of drug-likeness (QED) is 0.197. The summed E-state index contributed by atoms with van der Waals surface area (Å²) in [5.74, 6) is 0.195. The van der Waals surface area contributed by atoms with Gasteiger partial charge in [0.1, 0.15) is 27.5 Å². The molecule has 9 nitrogen and oxygen atoms in total. The Balaban J connectivity index is 1.96. The van der Waals surface area contributed by atoms with E-state index < -0.39 is 5.97 Å². The summed E-state index contributed by atoms with van der Waals surface area (Å²) in [5, 5.41) is 22.0. The predicted octanol–water partition coefficient (Wildman–Crippen LogP) is 4.91. The second kappa shape index (κ2) is 14.0. The number of thiocarbonyl (C=S) groups is 1. The topological polar surface area (TPSA) is 125 Å². The molecule has 1 fully saturated rings. The van der Waals surface area contributed by atoms with Crippen molar-refractivity contribution in [2.45, 2.75) is 59.0 Å². The number of nitrogens with zero attached hydrogens (tertiary/aromatic N) is 3. The molecule has 1 saturated heterocycles. The van der Waals surface area contributed by atoms with Crippen molar-refractivity contribution in [2.75, 3.05) is 19.0 Å². The molecular formula is C28H32N4O5S2. The highest BCUT2D eigenvalue weighted by atomic mass is 32.2. The fourth-order valence-corrected chi connectivity index (χ4v) is 5.56. The molecule has 1 aromatic heterocycles. The van der Waals surface area contributed by atoms with Crippen LogP contribution in [0.3, 0.4) is 0 Å². The van der Waals surface area contributed by atoms with E-state index in [1.807, 2.05) is 37.3 Å². The lowest BCUT2D eigenvalue weighted by molar-refractivity contribution is -0.137. The molecule has 11 heteroatoms. The van der Waals surface area contributed by atoms with Crippen LogP contribution in [-0.4, -0.2) is 44.4 Å². The fraction of sp³-hybridized carbons (Fsp3) is 0.393. The maximum absolute atomic E-state index is 13.3. The van der Waals surface area contributed by atoms with Crippen molar-refractivity contribution < 1.29 is 19.4 Å². The van der Waals surface area contributed by atoms with Gasteiger partial charge in [-0.05, 0) is 55.5 Å². The maximum atomic E-state index is 13.3. The van der Waals surface area contributed by atoms with Gasteiger partial charge in [-0.15, -0.1) is 0 Å². The van der Waals surface area contributed by atoms with E-state index in [1.165, 1.54) is 16.7 Å². The highest BCUT2D eigenvalue weighted by molar-refractivity contribution is 8.26. The Bertz CT molecular complexity index is 1380. The molecular weight excluding hydrogens is 536 g/mol. The van der Waals surface area contributed by atoms with Gasteiger partial charge in [-0.3, -0.25) is 23.9 Å². The Morgan fingerprint density at radius 3 is 2.54 bits per heavy atom. The third-order valence-corrected chi connectivity index (χ3v) is 7.74. The molecule has 1 aliphatic rings. The maximum Gasteiger partial charge on any atom is 0.303 e. The summed E-state index contributed by atoms with van der Waals surface area (Å²) in [6, 6.07) is 9.60. The Morgan fingerprint density at radius 2 is 1.92 bits per heavy atom. The van der Waals surface area contributed by atoms with Crippen molar-refractivity contribution in [3.05, 3.63) is 61.8 Å². The molecule has 0 atom stereocenters. The third kappa shape index (κ3) is 7.28. The number of hydrogen-bond donors (Lipinski definition) is 2. The zero-order chi connectivity index (χ0) is 28.5. The molecule has 0 aliphatic carbocycles. The first kappa shape index (κ1) is 29.9. The van der Waals surface area contributed by atoms with Gasteiger partial charge in [-0.2, -0.15) is 5.26 Å². The Hall–Kier alpha value is -3.62. The van der Waals surface area contributed by atoms with Crippen LogP contribution in [0.2, 0.25) is 0 Å². The number of nitrogens with one attached hydrogen (secondary N) is 1. The molecule has 206 valence electrons. The molecule has 1 aromatic carbocycles. The number of nitriles is 1. The van der Waals surface area contributed by atoms with Crippen LogP contribution in [0, 0.1) is 18.3 Å². The van der Waals surface area contributed by atoms with Gasteiger partial charge >= 0.3 is 5.97 Å². The summed E-state index contributed by atoms with van der Waals surface area (Å²) >= 11 is 6.65. The molecule has 0 saturated carbocycles. The number of methoxy groups -OCH3 is 1. The molecule has 0 radical (unpaired) electrons. The van der Waals surface area contributed by atoms with Crippen molar-refractivity contribution in [2.24, 2.45) is 0 Å². The number of carboxylic acid groups (broad SMARTS) is 1. The number of ether oxygens (including phenoxy) is 1. The van der Waals surface area contributed by atoms with Crippen molar-refractivity contribution in [1.29, 1.82) is 5.26 Å². The minimum Gasteiger partial charge on any atom is -0.497 e. The minimum atomic E-state index is -0.837. The van der Waals surface area contributed by atoms with Crippen molar-refractivity contribution in [1.82, 2.24) is 9.47 Å². The zero-order valence-electron chi connectivity index (χ0n) is 22.3. The van der Waals surface area contributed by atoms with Crippen molar-refractivity contribution in [3.63, 3.8) is 0 Å². The largest absolute Gasteiger partial charge is 0.497 e. The number of carbonyl (C=O) groups is 2. The third-order valence-electron chi connectivity index (χ3n) is 6.36. The lowest BCUT2D eigenvalue weighted by Gasteiger charge is -2.20. The lowest BCUT2D eigenvalue weighted by Crippen LogP contribution is -2.29. The number of carbonyl (C=O) groups excluding carboxylic acids is 1. The highest BCUT2D eigenvalue weighted by Gasteiger charge is 2.32. The van der Waals surface area contributed by atoms with E-state index in [9.17, 15) is 19.6 Å². The van der Waals surface area contributed by atoms with Crippen LogP contribution >= 0.6 is 24.0 Å². The summed E-state index contributed by atoms with van der Waals surface area (Å²) in [5.41, 5.74) is 1.72. The van der Waals surface area contributed by atoms with Gasteiger partial charge in [0, 0.05) is 31.6 Å². The normalized spacial score (nSPS) is 14.1. The number of aliphatic carboxylic acids is 1. The SMILES string of the molecule is CCCn1c(NCc2ccc(OC)cc2)c(/C=C2/SC(=S)N(CCCCCC(=O)O)C2=O)c(C)c(C#N)c1=O. The number of thioether (sulfide) groups is 1. The number of pyridine rings is 1. The second-order valence-corrected chi connectivity index (χ2v) is 10.7. The molecule has 39 heavy (non-hydrogen) atoms. The number of amides is 1. The monoisotopic (exact) mass is 568 g/mol. The van der Waals surface area contributed by atoms with Gasteiger partial charge in [-0.1, -0.05) is 49.5 Å². The molecule has 0 unspecified atom stereocenters. The number of aromatic nitrogens is 1. The fourth-order valence-electron chi connectivity index (χ4n) is 4.27. The van der Waals surface area contributed by atoms with E-state index in [0.717, 1.165) is 11.3 Å². The number of hydrogen-bond acceptors (Lipinski definition) is 8. The molecule has 0 bridgehead atoms. The molecule has 1 aliphatic heterocycles. The number of anilines is 1. The number of carboxylic acids is 1. The summed E-state index contributed by atoms with van der Waals surface area (Å²) in [4.78, 5) is 39.2. The number of rotatable bonds is 13. The van der Waals surface area contributed by atoms with Gasteiger partial charge < -0.3 is 15.2 Å². The average molecular weight is 569 g/mol. The summed E-state index contributed by atoms with van der Waals surface area (Å²) in [7, 11) is 1.60. The van der Waals surface area contributed by atoms with Crippen LogP contribution in [0.4, 0.5) is 5.82 Å². The van der Waals surface area contributed by atoms with Gasteiger partial charge in [0.05, 0.1) is 12.0 Å². The van der Waals surface area contributed by atoms with Crippen molar-refractivity contribution >= 4 is 52.1 Å². The van der Waals surface area contributed by atoms with Crippen molar-refractivity contribution in [3.8, 4) is 11.8 Å². The van der Waals surface area contributed by atoms with E-state index >= 15 is 0 Å². The molecule has 2 aromatic rings. The molecule has 2 heterocycles. The van der Waals surface area contributed by atoms with Gasteiger partial charge in [0.15, 0.2) is 0 Å². The van der Waals surface area contributed by atoms with Crippen LogP contribution in [0.1, 0.15) is 61.3 Å². The summed E-state index contributed by atoms with van der Waals surface area (Å²) in [6.45, 7) is 4.88. The van der Waals surface area contributed by atoms with Crippen LogP contribution < -0.4 is 15.6 Å². The Labute approximate surface area is 237 Å². The summed E-state index contributed by atoms with van der Waals surface area (Å²) < 4.78 is 7.22. The molecule has 0 spiro atoms. The smallest absolute Gasteiger partial charge is 0.303 e. The first-order chi connectivity index (χ1) is 18.7. The van der Waals surface area contributed by atoms with Crippen LogP contribution in [-0.2, 0) is 22.7 Å². The first-order valence-corrected chi connectivity index (χ1v) is 14.0. The first-order valence-electron chi connectivity index (χ1n) is 12.7. The van der Waals surface area contributed by atoms with Crippen LogP contribution in [0.25, 0.3) is 6.08 Å². The zero-order valence-corrected chi connectivity index (χ0v) is 23.9. The number of benzene rings is 1. The van der Waals surface area contributed by atoms with Crippen LogP contribution in [0.5, 0.6) is 5.75 Å². The summed E-state index contributed by atoms with van der Waals surface area (Å²) in [6.07, 6.45) is 4.34. The van der Waals surface area contributed by atoms with E-state index in [2.05, 4.69) is 5.32 Å².